The summed E-state index contributed by atoms with van der Waals surface area (Å²) in [5.74, 6) is 0.253. The van der Waals surface area contributed by atoms with E-state index in [-0.39, 0.29) is 24.5 Å². The van der Waals surface area contributed by atoms with Crippen LogP contribution in [0.5, 0.6) is 5.75 Å². The van der Waals surface area contributed by atoms with Gasteiger partial charge in [0.1, 0.15) is 5.75 Å². The van der Waals surface area contributed by atoms with Crippen molar-refractivity contribution in [2.24, 2.45) is 0 Å². The number of likely N-dealkylation sites (tertiary alicyclic amines) is 1. The highest BCUT2D eigenvalue weighted by Gasteiger charge is 2.22. The summed E-state index contributed by atoms with van der Waals surface area (Å²) in [5.41, 5.74) is 0. The van der Waals surface area contributed by atoms with Crippen molar-refractivity contribution >= 4 is 35.0 Å². The Bertz CT molecular complexity index is 620. The summed E-state index contributed by atoms with van der Waals surface area (Å²) >= 11 is 11.9. The molecule has 1 heterocycles. The summed E-state index contributed by atoms with van der Waals surface area (Å²) in [5, 5.41) is 6.75. The number of rotatable bonds is 8. The number of nitrogens with one attached hydrogen (secondary N) is 2. The molecule has 0 unspecified atom stereocenters. The third-order valence-corrected chi connectivity index (χ3v) is 4.69. The van der Waals surface area contributed by atoms with Crippen LogP contribution in [0.1, 0.15) is 26.2 Å². The molecule has 0 atom stereocenters. The van der Waals surface area contributed by atoms with Gasteiger partial charge in [-0.3, -0.25) is 14.5 Å². The Hall–Kier alpha value is -1.50. The van der Waals surface area contributed by atoms with Crippen molar-refractivity contribution < 1.29 is 14.3 Å². The first-order valence-electron chi connectivity index (χ1n) is 8.84. The number of hydrogen-bond acceptors (Lipinski definition) is 4. The molecule has 0 aliphatic carbocycles. The molecule has 26 heavy (non-hydrogen) atoms. The van der Waals surface area contributed by atoms with Gasteiger partial charge in [-0.25, -0.2) is 0 Å². The van der Waals surface area contributed by atoms with Gasteiger partial charge in [0, 0.05) is 36.8 Å². The summed E-state index contributed by atoms with van der Waals surface area (Å²) in [6, 6.07) is 4.96. The Morgan fingerprint density at radius 3 is 2.65 bits per heavy atom. The van der Waals surface area contributed by atoms with Gasteiger partial charge in [0.2, 0.25) is 5.91 Å². The van der Waals surface area contributed by atoms with Crippen LogP contribution in [0.25, 0.3) is 0 Å². The number of benzene rings is 1. The van der Waals surface area contributed by atoms with E-state index in [0.717, 1.165) is 32.4 Å². The van der Waals surface area contributed by atoms with E-state index in [9.17, 15) is 9.59 Å². The molecular formula is C18H25Cl2N3O3. The maximum atomic E-state index is 12.1. The quantitative estimate of drug-likeness (QED) is 0.701. The molecule has 1 saturated heterocycles. The number of amides is 2. The van der Waals surface area contributed by atoms with Crippen LogP contribution >= 0.6 is 23.2 Å². The van der Waals surface area contributed by atoms with Gasteiger partial charge < -0.3 is 15.4 Å². The molecule has 1 aromatic carbocycles. The van der Waals surface area contributed by atoms with Crippen molar-refractivity contribution in [3.63, 3.8) is 0 Å². The van der Waals surface area contributed by atoms with E-state index in [0.29, 0.717) is 28.9 Å². The zero-order chi connectivity index (χ0) is 18.9. The van der Waals surface area contributed by atoms with E-state index < -0.39 is 0 Å². The maximum Gasteiger partial charge on any atom is 0.258 e. The zero-order valence-electron chi connectivity index (χ0n) is 14.9. The molecule has 2 rings (SSSR count). The molecule has 0 spiro atoms. The Kier molecular flexibility index (Phi) is 8.48. The molecule has 2 amide bonds. The van der Waals surface area contributed by atoms with E-state index in [1.807, 2.05) is 6.92 Å². The van der Waals surface area contributed by atoms with Crippen molar-refractivity contribution in [3.8, 4) is 5.75 Å². The second kappa shape index (κ2) is 10.6. The number of carbonyl (C=O) groups is 2. The Labute approximate surface area is 164 Å². The summed E-state index contributed by atoms with van der Waals surface area (Å²) in [7, 11) is 0. The third-order valence-electron chi connectivity index (χ3n) is 4.14. The fourth-order valence-corrected chi connectivity index (χ4v) is 3.09. The lowest BCUT2D eigenvalue weighted by molar-refractivity contribution is -0.125. The molecule has 0 saturated carbocycles. The lowest BCUT2D eigenvalue weighted by Gasteiger charge is -2.31. The maximum absolute atomic E-state index is 12.1. The summed E-state index contributed by atoms with van der Waals surface area (Å²) in [6.45, 7) is 4.61. The van der Waals surface area contributed by atoms with Gasteiger partial charge in [0.15, 0.2) is 6.61 Å². The van der Waals surface area contributed by atoms with Crippen LogP contribution in [-0.2, 0) is 9.59 Å². The number of carbonyl (C=O) groups excluding carboxylic acids is 2. The van der Waals surface area contributed by atoms with Crippen molar-refractivity contribution in [3.05, 3.63) is 28.2 Å². The number of hydrogen-bond donors (Lipinski definition) is 2. The molecule has 0 aromatic heterocycles. The van der Waals surface area contributed by atoms with Crippen molar-refractivity contribution in [1.82, 2.24) is 15.5 Å². The first-order valence-corrected chi connectivity index (χ1v) is 9.59. The predicted octanol–water partition coefficient (Wildman–Crippen LogP) is 2.48. The summed E-state index contributed by atoms with van der Waals surface area (Å²) < 4.78 is 5.44. The number of piperidine rings is 1. The van der Waals surface area contributed by atoms with Crippen molar-refractivity contribution in [1.29, 1.82) is 0 Å². The highest BCUT2D eigenvalue weighted by Crippen LogP contribution is 2.27. The predicted molar refractivity (Wildman–Crippen MR) is 103 cm³/mol. The van der Waals surface area contributed by atoms with Crippen LogP contribution < -0.4 is 15.4 Å². The van der Waals surface area contributed by atoms with Crippen LogP contribution in [-0.4, -0.2) is 55.5 Å². The highest BCUT2D eigenvalue weighted by atomic mass is 35.5. The molecule has 2 N–H and O–H groups in total. The smallest absolute Gasteiger partial charge is 0.258 e. The van der Waals surface area contributed by atoms with E-state index in [4.69, 9.17) is 27.9 Å². The van der Waals surface area contributed by atoms with Gasteiger partial charge >= 0.3 is 0 Å². The minimum absolute atomic E-state index is 0.0566. The average molecular weight is 402 g/mol. The van der Waals surface area contributed by atoms with Gasteiger partial charge in [0.25, 0.3) is 5.91 Å². The fourth-order valence-electron chi connectivity index (χ4n) is 2.76. The minimum Gasteiger partial charge on any atom is -0.482 e. The van der Waals surface area contributed by atoms with Gasteiger partial charge in [0.05, 0.1) is 11.6 Å². The number of ether oxygens (including phenoxy) is 1. The SMILES string of the molecule is CCCNC(=O)CN1CCC(NC(=O)COc2cc(Cl)ccc2Cl)CC1. The monoisotopic (exact) mass is 401 g/mol. The normalized spacial score (nSPS) is 15.5. The van der Waals surface area contributed by atoms with Crippen LogP contribution in [0.2, 0.25) is 10.0 Å². The topological polar surface area (TPSA) is 70.7 Å². The molecule has 144 valence electrons. The Balaban J connectivity index is 1.68. The molecule has 1 aliphatic heterocycles. The van der Waals surface area contributed by atoms with Gasteiger partial charge in [-0.05, 0) is 31.4 Å². The molecule has 6 nitrogen and oxygen atoms in total. The highest BCUT2D eigenvalue weighted by molar-refractivity contribution is 6.34. The standard InChI is InChI=1S/C18H25Cl2N3O3/c1-2-7-21-17(24)11-23-8-5-14(6-9-23)22-18(25)12-26-16-10-13(19)3-4-15(16)20/h3-4,10,14H,2,5-9,11-12H2,1H3,(H,21,24)(H,22,25). The third kappa shape index (κ3) is 7.02. The molecular weight excluding hydrogens is 377 g/mol. The first-order chi connectivity index (χ1) is 12.5. The average Bonchev–Trinajstić information content (AvgIpc) is 2.62. The van der Waals surface area contributed by atoms with Crippen LogP contribution in [0.15, 0.2) is 18.2 Å². The Morgan fingerprint density at radius 1 is 1.23 bits per heavy atom. The van der Waals surface area contributed by atoms with Crippen LogP contribution in [0.4, 0.5) is 0 Å². The van der Waals surface area contributed by atoms with E-state index in [2.05, 4.69) is 15.5 Å². The molecule has 1 aromatic rings. The van der Waals surface area contributed by atoms with E-state index in [1.54, 1.807) is 18.2 Å². The zero-order valence-corrected chi connectivity index (χ0v) is 16.4. The Morgan fingerprint density at radius 2 is 1.96 bits per heavy atom. The number of nitrogens with zero attached hydrogens (tertiary/aromatic N) is 1. The number of halogens is 2. The molecule has 0 bridgehead atoms. The second-order valence-electron chi connectivity index (χ2n) is 6.33. The van der Waals surface area contributed by atoms with E-state index >= 15 is 0 Å². The second-order valence-corrected chi connectivity index (χ2v) is 7.17. The summed E-state index contributed by atoms with van der Waals surface area (Å²) in [4.78, 5) is 25.9. The molecule has 0 radical (unpaired) electrons. The van der Waals surface area contributed by atoms with Crippen LogP contribution in [0, 0.1) is 0 Å². The molecule has 8 heteroatoms. The molecule has 1 fully saturated rings. The fraction of sp³-hybridized carbons (Fsp3) is 0.556. The van der Waals surface area contributed by atoms with Gasteiger partial charge in [-0.2, -0.15) is 0 Å². The lowest BCUT2D eigenvalue weighted by atomic mass is 10.1. The lowest BCUT2D eigenvalue weighted by Crippen LogP contribution is -2.48. The largest absolute Gasteiger partial charge is 0.482 e. The van der Waals surface area contributed by atoms with Crippen molar-refractivity contribution in [2.75, 3.05) is 32.8 Å². The summed E-state index contributed by atoms with van der Waals surface area (Å²) in [6.07, 6.45) is 2.55. The van der Waals surface area contributed by atoms with Gasteiger partial charge in [-0.15, -0.1) is 0 Å². The van der Waals surface area contributed by atoms with Crippen LogP contribution in [0.3, 0.4) is 0 Å². The first kappa shape index (κ1) is 20.8. The minimum atomic E-state index is -0.194. The van der Waals surface area contributed by atoms with Crippen molar-refractivity contribution in [2.45, 2.75) is 32.2 Å². The molecule has 1 aliphatic rings. The van der Waals surface area contributed by atoms with E-state index in [1.165, 1.54) is 0 Å². The van der Waals surface area contributed by atoms with Gasteiger partial charge in [-0.1, -0.05) is 30.1 Å².